The number of nitrogens with one attached hydrogen (secondary N) is 3. The maximum absolute atomic E-state index is 6.21. The number of anilines is 3. The summed E-state index contributed by atoms with van der Waals surface area (Å²) in [5, 5.41) is 11.7. The quantitative estimate of drug-likeness (QED) is 0.515. The Hall–Kier alpha value is -1.54. The molecule has 1 aromatic carbocycles. The van der Waals surface area contributed by atoms with Gasteiger partial charge in [-0.2, -0.15) is 4.98 Å². The van der Waals surface area contributed by atoms with E-state index in [2.05, 4.69) is 25.9 Å². The first kappa shape index (κ1) is 22.2. The molecule has 0 amide bonds. The Morgan fingerprint density at radius 1 is 1.07 bits per heavy atom. The van der Waals surface area contributed by atoms with Crippen LogP contribution in [0, 0.1) is 0 Å². The van der Waals surface area contributed by atoms with Crippen molar-refractivity contribution in [3.8, 4) is 0 Å². The molecule has 0 unspecified atom stereocenters. The van der Waals surface area contributed by atoms with Crippen LogP contribution in [0.1, 0.15) is 25.7 Å². The van der Waals surface area contributed by atoms with Crippen LogP contribution in [0.2, 0.25) is 15.1 Å². The summed E-state index contributed by atoms with van der Waals surface area (Å²) in [6.45, 7) is 0. The molecule has 1 aromatic heterocycles. The molecule has 0 radical (unpaired) electrons. The molecule has 1 aliphatic rings. The minimum atomic E-state index is 0.284. The predicted molar refractivity (Wildman–Crippen MR) is 127 cm³/mol. The summed E-state index contributed by atoms with van der Waals surface area (Å²) < 4.78 is 0. The molecule has 0 atom stereocenters. The zero-order valence-corrected chi connectivity index (χ0v) is 19.3. The fourth-order valence-electron chi connectivity index (χ4n) is 3.23. The van der Waals surface area contributed by atoms with Gasteiger partial charge < -0.3 is 20.9 Å². The SMILES string of the molecule is CN(C)c1ccnc(N[C@H]2CC[C@@H](NC(=S)Nc3c(Cl)cc(Cl)cc3Cl)CC2)n1. The molecular formula is C19H23Cl3N6S. The second-order valence-corrected chi connectivity index (χ2v) is 8.83. The molecular weight excluding hydrogens is 451 g/mol. The van der Waals surface area contributed by atoms with Gasteiger partial charge in [0.25, 0.3) is 0 Å². The number of hydrogen-bond acceptors (Lipinski definition) is 5. The van der Waals surface area contributed by atoms with Gasteiger partial charge in [0.2, 0.25) is 5.95 Å². The molecule has 3 N–H and O–H groups in total. The Labute approximate surface area is 191 Å². The summed E-state index contributed by atoms with van der Waals surface area (Å²) in [5.41, 5.74) is 0.559. The zero-order valence-electron chi connectivity index (χ0n) is 16.2. The minimum Gasteiger partial charge on any atom is -0.363 e. The Kier molecular flexibility index (Phi) is 7.62. The standard InChI is InChI=1S/C19H23Cl3N6S/c1-28(2)16-7-8-23-18(26-16)24-12-3-5-13(6-4-12)25-19(29)27-17-14(21)9-11(20)10-15(17)22/h7-10,12-13H,3-6H2,1-2H3,(H,23,24,26)(H2,25,27,29)/t12-,13+. The lowest BCUT2D eigenvalue weighted by molar-refractivity contribution is 0.387. The van der Waals surface area contributed by atoms with Gasteiger partial charge in [0.1, 0.15) is 5.82 Å². The fraction of sp³-hybridized carbons (Fsp3) is 0.421. The third-order valence-electron chi connectivity index (χ3n) is 4.74. The molecule has 10 heteroatoms. The summed E-state index contributed by atoms with van der Waals surface area (Å²) in [7, 11) is 3.93. The van der Waals surface area contributed by atoms with Gasteiger partial charge in [0.15, 0.2) is 5.11 Å². The van der Waals surface area contributed by atoms with Crippen molar-refractivity contribution in [2.75, 3.05) is 29.6 Å². The lowest BCUT2D eigenvalue weighted by atomic mass is 9.91. The zero-order chi connectivity index (χ0) is 21.0. The van der Waals surface area contributed by atoms with Gasteiger partial charge in [-0.3, -0.25) is 0 Å². The van der Waals surface area contributed by atoms with Crippen molar-refractivity contribution in [3.05, 3.63) is 39.5 Å². The molecule has 3 rings (SSSR count). The van der Waals surface area contributed by atoms with Crippen LogP contribution in [0.15, 0.2) is 24.4 Å². The van der Waals surface area contributed by atoms with Crippen molar-refractivity contribution >= 4 is 69.6 Å². The van der Waals surface area contributed by atoms with Gasteiger partial charge in [-0.15, -0.1) is 0 Å². The van der Waals surface area contributed by atoms with Gasteiger partial charge in [-0.25, -0.2) is 4.98 Å². The number of halogens is 3. The van der Waals surface area contributed by atoms with E-state index in [0.717, 1.165) is 31.5 Å². The second-order valence-electron chi connectivity index (χ2n) is 7.17. The number of benzene rings is 1. The number of thiocarbonyl (C=S) groups is 1. The van der Waals surface area contributed by atoms with E-state index < -0.39 is 0 Å². The smallest absolute Gasteiger partial charge is 0.224 e. The average Bonchev–Trinajstić information content (AvgIpc) is 2.66. The first-order chi connectivity index (χ1) is 13.8. The molecule has 1 fully saturated rings. The van der Waals surface area contributed by atoms with Crippen molar-refractivity contribution in [2.45, 2.75) is 37.8 Å². The summed E-state index contributed by atoms with van der Waals surface area (Å²) in [5.74, 6) is 1.55. The van der Waals surface area contributed by atoms with Crippen LogP contribution in [0.5, 0.6) is 0 Å². The summed E-state index contributed by atoms with van der Waals surface area (Å²) >= 11 is 23.8. The van der Waals surface area contributed by atoms with Gasteiger partial charge in [-0.05, 0) is 56.1 Å². The summed E-state index contributed by atoms with van der Waals surface area (Å²) in [6.07, 6.45) is 5.73. The Morgan fingerprint density at radius 2 is 1.69 bits per heavy atom. The lowest BCUT2D eigenvalue weighted by Gasteiger charge is -2.30. The highest BCUT2D eigenvalue weighted by atomic mass is 35.5. The molecule has 1 aliphatic carbocycles. The lowest BCUT2D eigenvalue weighted by Crippen LogP contribution is -2.42. The van der Waals surface area contributed by atoms with Crippen molar-refractivity contribution < 1.29 is 0 Å². The first-order valence-corrected chi connectivity index (χ1v) is 10.8. The Morgan fingerprint density at radius 3 is 2.31 bits per heavy atom. The molecule has 1 saturated carbocycles. The molecule has 29 heavy (non-hydrogen) atoms. The van der Waals surface area contributed by atoms with E-state index in [1.807, 2.05) is 25.1 Å². The molecule has 0 aliphatic heterocycles. The first-order valence-electron chi connectivity index (χ1n) is 9.31. The molecule has 2 aromatic rings. The maximum Gasteiger partial charge on any atom is 0.224 e. The van der Waals surface area contributed by atoms with Crippen LogP contribution in [-0.2, 0) is 0 Å². The fourth-order valence-corrected chi connectivity index (χ4v) is 4.41. The van der Waals surface area contributed by atoms with Crippen LogP contribution < -0.4 is 20.9 Å². The van der Waals surface area contributed by atoms with E-state index in [0.29, 0.717) is 37.9 Å². The monoisotopic (exact) mass is 472 g/mol. The van der Waals surface area contributed by atoms with Crippen molar-refractivity contribution in [3.63, 3.8) is 0 Å². The predicted octanol–water partition coefficient (Wildman–Crippen LogP) is 5.21. The highest BCUT2D eigenvalue weighted by molar-refractivity contribution is 7.80. The average molecular weight is 474 g/mol. The number of aromatic nitrogens is 2. The number of nitrogens with zero attached hydrogens (tertiary/aromatic N) is 3. The molecule has 156 valence electrons. The molecule has 0 spiro atoms. The van der Waals surface area contributed by atoms with Gasteiger partial charge in [0.05, 0.1) is 15.7 Å². The van der Waals surface area contributed by atoms with Crippen molar-refractivity contribution in [1.29, 1.82) is 0 Å². The third kappa shape index (κ3) is 6.22. The van der Waals surface area contributed by atoms with E-state index in [1.54, 1.807) is 18.3 Å². The highest BCUT2D eigenvalue weighted by Crippen LogP contribution is 2.33. The van der Waals surface area contributed by atoms with Crippen molar-refractivity contribution in [2.24, 2.45) is 0 Å². The van der Waals surface area contributed by atoms with E-state index in [-0.39, 0.29) is 6.04 Å². The van der Waals surface area contributed by atoms with Gasteiger partial charge in [0, 0.05) is 37.4 Å². The summed E-state index contributed by atoms with van der Waals surface area (Å²) in [4.78, 5) is 10.8. The number of rotatable bonds is 5. The molecule has 0 bridgehead atoms. The Bertz CT molecular complexity index is 848. The van der Waals surface area contributed by atoms with Gasteiger partial charge >= 0.3 is 0 Å². The van der Waals surface area contributed by atoms with Crippen LogP contribution in [0.4, 0.5) is 17.5 Å². The van der Waals surface area contributed by atoms with E-state index in [9.17, 15) is 0 Å². The van der Waals surface area contributed by atoms with Crippen molar-refractivity contribution in [1.82, 2.24) is 15.3 Å². The van der Waals surface area contributed by atoms with Crippen LogP contribution in [-0.4, -0.2) is 41.3 Å². The van der Waals surface area contributed by atoms with Crippen LogP contribution in [0.25, 0.3) is 0 Å². The minimum absolute atomic E-state index is 0.284. The van der Waals surface area contributed by atoms with Gasteiger partial charge in [-0.1, -0.05) is 34.8 Å². The van der Waals surface area contributed by atoms with Crippen LogP contribution in [0.3, 0.4) is 0 Å². The Balaban J connectivity index is 1.48. The number of hydrogen-bond donors (Lipinski definition) is 3. The molecule has 0 saturated heterocycles. The normalized spacial score (nSPS) is 18.8. The molecule has 6 nitrogen and oxygen atoms in total. The second kappa shape index (κ2) is 9.98. The largest absolute Gasteiger partial charge is 0.363 e. The third-order valence-corrected chi connectivity index (χ3v) is 5.77. The van der Waals surface area contributed by atoms with E-state index in [4.69, 9.17) is 47.0 Å². The van der Waals surface area contributed by atoms with E-state index >= 15 is 0 Å². The highest BCUT2D eigenvalue weighted by Gasteiger charge is 2.22. The van der Waals surface area contributed by atoms with E-state index in [1.165, 1.54) is 0 Å². The molecule has 1 heterocycles. The van der Waals surface area contributed by atoms with Crippen LogP contribution >= 0.6 is 47.0 Å². The topological polar surface area (TPSA) is 65.1 Å². The maximum atomic E-state index is 6.21. The summed E-state index contributed by atoms with van der Waals surface area (Å²) in [6, 6.07) is 5.77.